The van der Waals surface area contributed by atoms with E-state index in [9.17, 15) is 4.79 Å². The van der Waals surface area contributed by atoms with E-state index in [1.807, 2.05) is 6.92 Å². The highest BCUT2D eigenvalue weighted by Crippen LogP contribution is 2.16. The maximum atomic E-state index is 11.7. The highest BCUT2D eigenvalue weighted by molar-refractivity contribution is 5.71. The van der Waals surface area contributed by atoms with E-state index < -0.39 is 0 Å². The molecule has 1 saturated heterocycles. The van der Waals surface area contributed by atoms with Crippen LogP contribution in [0.3, 0.4) is 0 Å². The SMILES string of the molecule is C[C@@H]1CCCCCCCCCCCCCOC1=O. The van der Waals surface area contributed by atoms with E-state index in [4.69, 9.17) is 4.74 Å². The van der Waals surface area contributed by atoms with Gasteiger partial charge in [0.1, 0.15) is 0 Å². The summed E-state index contributed by atoms with van der Waals surface area (Å²) in [5.41, 5.74) is 0. The van der Waals surface area contributed by atoms with Crippen LogP contribution in [0.2, 0.25) is 0 Å². The minimum absolute atomic E-state index is 0.0158. The molecular weight excluding hydrogens is 224 g/mol. The van der Waals surface area contributed by atoms with Crippen molar-refractivity contribution in [2.24, 2.45) is 5.92 Å². The summed E-state index contributed by atoms with van der Waals surface area (Å²) < 4.78 is 5.32. The first-order valence-electron chi connectivity index (χ1n) is 7.97. The summed E-state index contributed by atoms with van der Waals surface area (Å²) in [6, 6.07) is 0. The van der Waals surface area contributed by atoms with Gasteiger partial charge in [-0.1, -0.05) is 71.1 Å². The Morgan fingerprint density at radius 1 is 0.778 bits per heavy atom. The summed E-state index contributed by atoms with van der Waals surface area (Å²) in [4.78, 5) is 11.7. The second kappa shape index (κ2) is 10.4. The Morgan fingerprint density at radius 3 is 1.78 bits per heavy atom. The summed E-state index contributed by atoms with van der Waals surface area (Å²) in [6.07, 6.45) is 15.3. The van der Waals surface area contributed by atoms with Crippen molar-refractivity contribution in [1.29, 1.82) is 0 Å². The van der Waals surface area contributed by atoms with Gasteiger partial charge in [0.05, 0.1) is 12.5 Å². The first-order chi connectivity index (χ1) is 8.80. The average Bonchev–Trinajstić information content (AvgIpc) is 2.37. The zero-order valence-corrected chi connectivity index (χ0v) is 12.1. The Hall–Kier alpha value is -0.530. The van der Waals surface area contributed by atoms with Crippen LogP contribution in [0, 0.1) is 5.92 Å². The van der Waals surface area contributed by atoms with Crippen LogP contribution in [-0.4, -0.2) is 12.6 Å². The lowest BCUT2D eigenvalue weighted by Crippen LogP contribution is -2.15. The highest BCUT2D eigenvalue weighted by Gasteiger charge is 2.13. The molecule has 0 saturated carbocycles. The van der Waals surface area contributed by atoms with E-state index >= 15 is 0 Å². The lowest BCUT2D eigenvalue weighted by molar-refractivity contribution is -0.148. The Kier molecular flexibility index (Phi) is 8.97. The number of carbonyl (C=O) groups is 1. The van der Waals surface area contributed by atoms with Gasteiger partial charge in [-0.05, 0) is 12.8 Å². The van der Waals surface area contributed by atoms with Gasteiger partial charge in [-0.15, -0.1) is 0 Å². The third-order valence-electron chi connectivity index (χ3n) is 3.93. The van der Waals surface area contributed by atoms with E-state index in [1.165, 1.54) is 64.2 Å². The van der Waals surface area contributed by atoms with Crippen LogP contribution in [-0.2, 0) is 9.53 Å². The fraction of sp³-hybridized carbons (Fsp3) is 0.938. The number of hydrogen-bond donors (Lipinski definition) is 0. The number of rotatable bonds is 0. The molecule has 0 aromatic carbocycles. The summed E-state index contributed by atoms with van der Waals surface area (Å²) in [5, 5.41) is 0. The van der Waals surface area contributed by atoms with E-state index in [-0.39, 0.29) is 11.9 Å². The molecule has 0 unspecified atom stereocenters. The molecule has 0 N–H and O–H groups in total. The Balaban J connectivity index is 2.22. The normalized spacial score (nSPS) is 26.5. The van der Waals surface area contributed by atoms with E-state index in [1.54, 1.807) is 0 Å². The highest BCUT2D eigenvalue weighted by atomic mass is 16.5. The van der Waals surface area contributed by atoms with Crippen molar-refractivity contribution >= 4 is 5.97 Å². The van der Waals surface area contributed by atoms with Crippen molar-refractivity contribution in [3.8, 4) is 0 Å². The van der Waals surface area contributed by atoms with E-state index in [0.29, 0.717) is 6.61 Å². The lowest BCUT2D eigenvalue weighted by atomic mass is 10.0. The molecule has 106 valence electrons. The molecule has 0 bridgehead atoms. The van der Waals surface area contributed by atoms with Crippen LogP contribution in [0.5, 0.6) is 0 Å². The number of ether oxygens (including phenoxy) is 1. The molecule has 1 rings (SSSR count). The van der Waals surface area contributed by atoms with Crippen molar-refractivity contribution < 1.29 is 9.53 Å². The minimum atomic E-state index is 0.0158. The van der Waals surface area contributed by atoms with Crippen molar-refractivity contribution in [2.75, 3.05) is 6.61 Å². The smallest absolute Gasteiger partial charge is 0.308 e. The van der Waals surface area contributed by atoms with Gasteiger partial charge < -0.3 is 4.74 Å². The van der Waals surface area contributed by atoms with Gasteiger partial charge in [0.15, 0.2) is 0 Å². The molecule has 2 heteroatoms. The lowest BCUT2D eigenvalue weighted by Gasteiger charge is -2.12. The number of hydrogen-bond acceptors (Lipinski definition) is 2. The summed E-state index contributed by atoms with van der Waals surface area (Å²) in [6.45, 7) is 2.63. The molecule has 1 aliphatic rings. The molecule has 0 radical (unpaired) electrons. The fourth-order valence-corrected chi connectivity index (χ4v) is 2.58. The number of carbonyl (C=O) groups excluding carboxylic acids is 1. The Labute approximate surface area is 112 Å². The molecule has 2 nitrogen and oxygen atoms in total. The van der Waals surface area contributed by atoms with Crippen LogP contribution in [0.15, 0.2) is 0 Å². The zero-order chi connectivity index (χ0) is 13.1. The minimum Gasteiger partial charge on any atom is -0.465 e. The van der Waals surface area contributed by atoms with E-state index in [2.05, 4.69) is 0 Å². The molecule has 1 heterocycles. The Morgan fingerprint density at radius 2 is 1.22 bits per heavy atom. The van der Waals surface area contributed by atoms with Gasteiger partial charge in [-0.25, -0.2) is 0 Å². The number of esters is 1. The third kappa shape index (κ3) is 7.73. The molecular formula is C16H30O2. The molecule has 0 aromatic heterocycles. The molecule has 18 heavy (non-hydrogen) atoms. The third-order valence-corrected chi connectivity index (χ3v) is 3.93. The Bertz CT molecular complexity index is 213. The van der Waals surface area contributed by atoms with E-state index in [0.717, 1.165) is 12.8 Å². The molecule has 0 aromatic rings. The topological polar surface area (TPSA) is 26.3 Å². The molecule has 1 fully saturated rings. The second-order valence-electron chi connectivity index (χ2n) is 5.75. The summed E-state index contributed by atoms with van der Waals surface area (Å²) >= 11 is 0. The molecule has 1 aliphatic heterocycles. The predicted octanol–water partition coefficient (Wildman–Crippen LogP) is 4.86. The van der Waals surface area contributed by atoms with Crippen molar-refractivity contribution in [3.63, 3.8) is 0 Å². The van der Waals surface area contributed by atoms with Gasteiger partial charge in [-0.3, -0.25) is 4.79 Å². The number of cyclic esters (lactones) is 1. The zero-order valence-electron chi connectivity index (χ0n) is 12.1. The molecule has 0 aliphatic carbocycles. The summed E-state index contributed by atoms with van der Waals surface area (Å²) in [7, 11) is 0. The average molecular weight is 254 g/mol. The maximum absolute atomic E-state index is 11.7. The van der Waals surface area contributed by atoms with Crippen LogP contribution in [0.25, 0.3) is 0 Å². The molecule has 0 spiro atoms. The van der Waals surface area contributed by atoms with Crippen LogP contribution >= 0.6 is 0 Å². The fourth-order valence-electron chi connectivity index (χ4n) is 2.58. The summed E-state index contributed by atoms with van der Waals surface area (Å²) in [5.74, 6) is 0.111. The predicted molar refractivity (Wildman–Crippen MR) is 75.5 cm³/mol. The van der Waals surface area contributed by atoms with Crippen molar-refractivity contribution in [2.45, 2.75) is 84.0 Å². The van der Waals surface area contributed by atoms with Gasteiger partial charge >= 0.3 is 5.97 Å². The maximum Gasteiger partial charge on any atom is 0.308 e. The van der Waals surface area contributed by atoms with Gasteiger partial charge in [0.2, 0.25) is 0 Å². The second-order valence-corrected chi connectivity index (χ2v) is 5.75. The van der Waals surface area contributed by atoms with Gasteiger partial charge in [0, 0.05) is 0 Å². The largest absolute Gasteiger partial charge is 0.465 e. The van der Waals surface area contributed by atoms with Crippen LogP contribution < -0.4 is 0 Å². The molecule has 1 atom stereocenters. The van der Waals surface area contributed by atoms with Crippen LogP contribution in [0.1, 0.15) is 84.0 Å². The first-order valence-corrected chi connectivity index (χ1v) is 7.97. The quantitative estimate of drug-likeness (QED) is 0.577. The van der Waals surface area contributed by atoms with Crippen molar-refractivity contribution in [1.82, 2.24) is 0 Å². The van der Waals surface area contributed by atoms with Gasteiger partial charge in [-0.2, -0.15) is 0 Å². The standard InChI is InChI=1S/C16H30O2/c1-15-13-11-9-7-5-3-2-4-6-8-10-12-14-18-16(15)17/h15H,2-14H2,1H3/t15-/m1/s1. The van der Waals surface area contributed by atoms with Crippen molar-refractivity contribution in [3.05, 3.63) is 0 Å². The first kappa shape index (κ1) is 15.5. The van der Waals surface area contributed by atoms with Gasteiger partial charge in [0.25, 0.3) is 0 Å². The van der Waals surface area contributed by atoms with Crippen LogP contribution in [0.4, 0.5) is 0 Å². The monoisotopic (exact) mass is 254 g/mol. The molecule has 0 amide bonds.